The maximum atomic E-state index is 9.28. The number of aromatic amines is 1. The van der Waals surface area contributed by atoms with Crippen LogP contribution in [0.4, 0.5) is 0 Å². The van der Waals surface area contributed by atoms with Crippen molar-refractivity contribution in [2.24, 2.45) is 0 Å². The van der Waals surface area contributed by atoms with E-state index in [2.05, 4.69) is 68.5 Å². The van der Waals surface area contributed by atoms with Crippen LogP contribution in [0.3, 0.4) is 0 Å². The molecule has 7 heteroatoms. The lowest BCUT2D eigenvalue weighted by atomic mass is 9.98. The van der Waals surface area contributed by atoms with Gasteiger partial charge in [-0.05, 0) is 35.2 Å². The van der Waals surface area contributed by atoms with Gasteiger partial charge < -0.3 is 4.57 Å². The van der Waals surface area contributed by atoms with E-state index >= 15 is 0 Å². The summed E-state index contributed by atoms with van der Waals surface area (Å²) in [4.78, 5) is 4.76. The second-order valence-corrected chi connectivity index (χ2v) is 7.56. The minimum absolute atomic E-state index is 0.376. The lowest BCUT2D eigenvalue weighted by molar-refractivity contribution is 0.662. The monoisotopic (exact) mass is 411 g/mol. The zero-order chi connectivity index (χ0) is 21.6. The quantitative estimate of drug-likeness (QED) is 0.461. The predicted molar refractivity (Wildman–Crippen MR) is 119 cm³/mol. The molecule has 0 saturated heterocycles. The minimum Gasteiger partial charge on any atom is -0.326 e. The van der Waals surface area contributed by atoms with Gasteiger partial charge in [-0.15, -0.1) is 10.2 Å². The number of unbranched alkanes of at least 4 members (excludes halogenated alkanes) is 1. The number of tetrazole rings is 1. The molecule has 0 atom stereocenters. The Labute approximate surface area is 181 Å². The molecule has 4 aromatic rings. The van der Waals surface area contributed by atoms with E-state index in [1.54, 1.807) is 0 Å². The van der Waals surface area contributed by atoms with E-state index in [0.717, 1.165) is 53.2 Å². The molecular weight excluding hydrogens is 386 g/mol. The van der Waals surface area contributed by atoms with Crippen molar-refractivity contribution in [3.05, 3.63) is 71.3 Å². The summed E-state index contributed by atoms with van der Waals surface area (Å²) < 4.78 is 2.22. The van der Waals surface area contributed by atoms with E-state index in [4.69, 9.17) is 4.98 Å². The highest BCUT2D eigenvalue weighted by molar-refractivity contribution is 5.80. The number of aryl methyl sites for hydroxylation is 2. The lowest BCUT2D eigenvalue weighted by Crippen LogP contribution is -2.09. The van der Waals surface area contributed by atoms with E-state index in [0.29, 0.717) is 18.8 Å². The van der Waals surface area contributed by atoms with Gasteiger partial charge in [-0.2, -0.15) is 10.5 Å². The fourth-order valence-electron chi connectivity index (χ4n) is 3.86. The largest absolute Gasteiger partial charge is 0.326 e. The zero-order valence-corrected chi connectivity index (χ0v) is 17.8. The highest BCUT2D eigenvalue weighted by Crippen LogP contribution is 2.30. The summed E-state index contributed by atoms with van der Waals surface area (Å²) in [7, 11) is 0. The van der Waals surface area contributed by atoms with Crippen molar-refractivity contribution in [1.82, 2.24) is 30.2 Å². The first kappa shape index (κ1) is 20.5. The Kier molecular flexibility index (Phi) is 6.18. The third kappa shape index (κ3) is 4.38. The van der Waals surface area contributed by atoms with Gasteiger partial charge in [-0.1, -0.05) is 61.9 Å². The van der Waals surface area contributed by atoms with Gasteiger partial charge in [0, 0.05) is 18.5 Å². The molecule has 2 aromatic heterocycles. The number of nitrogens with one attached hydrogen (secondary N) is 1. The molecule has 31 heavy (non-hydrogen) atoms. The lowest BCUT2D eigenvalue weighted by Gasteiger charge is -2.12. The van der Waals surface area contributed by atoms with Crippen molar-refractivity contribution < 1.29 is 0 Å². The van der Waals surface area contributed by atoms with Crippen LogP contribution in [0.2, 0.25) is 0 Å². The minimum atomic E-state index is 0.376. The van der Waals surface area contributed by atoms with Gasteiger partial charge in [0.15, 0.2) is 0 Å². The number of nitriles is 1. The van der Waals surface area contributed by atoms with Crippen LogP contribution < -0.4 is 0 Å². The maximum Gasteiger partial charge on any atom is 0.205 e. The van der Waals surface area contributed by atoms with Gasteiger partial charge in [-0.3, -0.25) is 0 Å². The smallest absolute Gasteiger partial charge is 0.205 e. The standard InChI is InChI=1S/C24H25N7/c1-3-4-9-23-26-17(2)22(14-15-25)31(23)16-18-10-12-19(13-11-18)20-7-5-6-8-21(20)24-27-29-30-28-24/h5-8,10-13H,3-4,9,14,16H2,1-2H3,(H,27,28,29,30). The molecular formula is C24H25N7. The average molecular weight is 412 g/mol. The highest BCUT2D eigenvalue weighted by Gasteiger charge is 2.15. The van der Waals surface area contributed by atoms with Crippen molar-refractivity contribution >= 4 is 0 Å². The zero-order valence-electron chi connectivity index (χ0n) is 17.8. The molecule has 1 N–H and O–H groups in total. The molecule has 0 spiro atoms. The number of rotatable bonds is 8. The van der Waals surface area contributed by atoms with Gasteiger partial charge in [0.25, 0.3) is 0 Å². The van der Waals surface area contributed by atoms with Crippen LogP contribution in [0.25, 0.3) is 22.5 Å². The third-order valence-corrected chi connectivity index (χ3v) is 5.47. The topological polar surface area (TPSA) is 96.1 Å². The van der Waals surface area contributed by atoms with Crippen molar-refractivity contribution in [2.75, 3.05) is 0 Å². The second kappa shape index (κ2) is 9.35. The molecule has 2 aromatic carbocycles. The Morgan fingerprint density at radius 1 is 1.06 bits per heavy atom. The average Bonchev–Trinajstić information content (AvgIpc) is 3.43. The maximum absolute atomic E-state index is 9.28. The summed E-state index contributed by atoms with van der Waals surface area (Å²) in [6, 6.07) is 18.8. The SMILES string of the molecule is CCCCc1nc(C)c(CC#N)n1Cc1ccc(-c2ccccc2-c2nn[nH]n2)cc1. The molecule has 2 heterocycles. The van der Waals surface area contributed by atoms with Crippen molar-refractivity contribution in [3.63, 3.8) is 0 Å². The Morgan fingerprint density at radius 2 is 1.84 bits per heavy atom. The van der Waals surface area contributed by atoms with Crippen LogP contribution in [0.15, 0.2) is 48.5 Å². The van der Waals surface area contributed by atoms with Crippen LogP contribution in [-0.2, 0) is 19.4 Å². The summed E-state index contributed by atoms with van der Waals surface area (Å²) in [6.07, 6.45) is 3.52. The summed E-state index contributed by atoms with van der Waals surface area (Å²) in [5, 5.41) is 23.7. The Bertz CT molecular complexity index is 1180. The van der Waals surface area contributed by atoms with Gasteiger partial charge in [-0.25, -0.2) is 4.98 Å². The van der Waals surface area contributed by atoms with E-state index in [-0.39, 0.29) is 0 Å². The number of aromatic nitrogens is 6. The van der Waals surface area contributed by atoms with Gasteiger partial charge >= 0.3 is 0 Å². The van der Waals surface area contributed by atoms with E-state index in [1.165, 1.54) is 5.56 Å². The number of hydrogen-bond acceptors (Lipinski definition) is 5. The molecule has 0 saturated carbocycles. The van der Waals surface area contributed by atoms with Crippen LogP contribution in [0.5, 0.6) is 0 Å². The molecule has 0 amide bonds. The second-order valence-electron chi connectivity index (χ2n) is 7.56. The van der Waals surface area contributed by atoms with Crippen LogP contribution >= 0.6 is 0 Å². The van der Waals surface area contributed by atoms with Gasteiger partial charge in [0.1, 0.15) is 5.82 Å². The van der Waals surface area contributed by atoms with E-state index in [9.17, 15) is 5.26 Å². The summed E-state index contributed by atoms with van der Waals surface area (Å²) in [5.41, 5.74) is 6.23. The first-order valence-electron chi connectivity index (χ1n) is 10.5. The third-order valence-electron chi connectivity index (χ3n) is 5.47. The Morgan fingerprint density at radius 3 is 2.52 bits per heavy atom. The molecule has 0 fully saturated rings. The van der Waals surface area contributed by atoms with Crippen LogP contribution in [0.1, 0.15) is 42.5 Å². The molecule has 156 valence electrons. The molecule has 0 aliphatic rings. The van der Waals surface area contributed by atoms with Crippen molar-refractivity contribution in [1.29, 1.82) is 5.26 Å². The number of H-pyrrole nitrogens is 1. The van der Waals surface area contributed by atoms with Gasteiger partial charge in [0.05, 0.1) is 23.9 Å². The van der Waals surface area contributed by atoms with E-state index in [1.807, 2.05) is 25.1 Å². The summed E-state index contributed by atoms with van der Waals surface area (Å²) in [6.45, 7) is 4.89. The molecule has 0 bridgehead atoms. The predicted octanol–water partition coefficient (Wildman–Crippen LogP) is 4.50. The first-order chi connectivity index (χ1) is 15.2. The number of benzene rings is 2. The molecule has 4 rings (SSSR count). The fourth-order valence-corrected chi connectivity index (χ4v) is 3.86. The summed E-state index contributed by atoms with van der Waals surface area (Å²) >= 11 is 0. The molecule has 0 aliphatic heterocycles. The molecule has 7 nitrogen and oxygen atoms in total. The Hall–Kier alpha value is -3.79. The van der Waals surface area contributed by atoms with Gasteiger partial charge in [0.2, 0.25) is 5.82 Å². The first-order valence-corrected chi connectivity index (χ1v) is 10.5. The van der Waals surface area contributed by atoms with Crippen molar-refractivity contribution in [2.45, 2.75) is 46.1 Å². The highest BCUT2D eigenvalue weighted by atomic mass is 15.5. The number of imidazole rings is 1. The molecule has 0 unspecified atom stereocenters. The van der Waals surface area contributed by atoms with Crippen LogP contribution in [0, 0.1) is 18.3 Å². The number of nitrogens with zero attached hydrogens (tertiary/aromatic N) is 6. The van der Waals surface area contributed by atoms with Crippen LogP contribution in [-0.4, -0.2) is 30.2 Å². The molecule has 0 aliphatic carbocycles. The Balaban J connectivity index is 1.63. The van der Waals surface area contributed by atoms with Crippen molar-refractivity contribution in [3.8, 4) is 28.6 Å². The van der Waals surface area contributed by atoms with E-state index < -0.39 is 0 Å². The fraction of sp³-hybridized carbons (Fsp3) is 0.292. The number of hydrogen-bond donors (Lipinski definition) is 1. The summed E-state index contributed by atoms with van der Waals surface area (Å²) in [5.74, 6) is 1.64. The normalized spacial score (nSPS) is 10.9. The molecule has 0 radical (unpaired) electrons.